The molecule has 0 aromatic carbocycles. The molecule has 0 radical (unpaired) electrons. The molecule has 0 spiro atoms. The first kappa shape index (κ1) is 17.0. The van der Waals surface area contributed by atoms with Gasteiger partial charge in [0.25, 0.3) is 0 Å². The van der Waals surface area contributed by atoms with Crippen LogP contribution in [0.5, 0.6) is 0 Å². The molecule has 0 aromatic heterocycles. The Hall–Kier alpha value is -0.420. The maximum absolute atomic E-state index is 12.9. The average molecular weight is 354 g/mol. The van der Waals surface area contributed by atoms with Crippen LogP contribution in [0.3, 0.4) is 0 Å². The Bertz CT molecular complexity index is 656. The van der Waals surface area contributed by atoms with Crippen LogP contribution >= 0.6 is 0 Å². The van der Waals surface area contributed by atoms with Gasteiger partial charge in [0.2, 0.25) is 10.0 Å². The van der Waals surface area contributed by atoms with Crippen LogP contribution in [0.2, 0.25) is 0 Å². The summed E-state index contributed by atoms with van der Waals surface area (Å²) in [7, 11) is -3.44. The molecule has 0 saturated heterocycles. The molecule has 4 fully saturated rings. The summed E-state index contributed by atoms with van der Waals surface area (Å²) in [6.45, 7) is 6.23. The van der Waals surface area contributed by atoms with Crippen molar-refractivity contribution in [1.29, 1.82) is 0 Å². The minimum atomic E-state index is -3.44. The van der Waals surface area contributed by atoms with Crippen LogP contribution in [0, 0.1) is 34.5 Å². The molecule has 1 N–H and O–H groups in total. The lowest BCUT2D eigenvalue weighted by Gasteiger charge is -2.37. The molecule has 6 unspecified atom stereocenters. The zero-order valence-electron chi connectivity index (χ0n) is 15.2. The molecule has 24 heavy (non-hydrogen) atoms. The van der Waals surface area contributed by atoms with Gasteiger partial charge < -0.3 is 0 Å². The van der Waals surface area contributed by atoms with E-state index < -0.39 is 15.4 Å². The van der Waals surface area contributed by atoms with E-state index in [1.54, 1.807) is 0 Å². The quantitative estimate of drug-likeness (QED) is 0.826. The number of hydrogen-bond acceptors (Lipinski definition) is 3. The molecule has 4 aliphatic carbocycles. The first-order valence-electron chi connectivity index (χ1n) is 9.68. The molecule has 0 amide bonds. The van der Waals surface area contributed by atoms with E-state index >= 15 is 0 Å². The molecule has 0 heterocycles. The average Bonchev–Trinajstić information content (AvgIpc) is 3.18. The fourth-order valence-electron chi connectivity index (χ4n) is 6.75. The van der Waals surface area contributed by atoms with Crippen molar-refractivity contribution in [3.8, 4) is 0 Å². The monoisotopic (exact) mass is 353 g/mol. The molecule has 0 aromatic rings. The Morgan fingerprint density at radius 2 is 1.96 bits per heavy atom. The van der Waals surface area contributed by atoms with E-state index in [-0.39, 0.29) is 23.0 Å². The van der Waals surface area contributed by atoms with Gasteiger partial charge >= 0.3 is 0 Å². The number of sulfonamides is 1. The lowest BCUT2D eigenvalue weighted by Crippen LogP contribution is -2.48. The Kier molecular flexibility index (Phi) is 3.75. The number of Topliss-reactive ketones (excluding diaryl/α,β-unsaturated/α-hetero) is 1. The standard InChI is InChI=1S/C19H31NO3S/c1-12(16-9-13-4-5-14(16)8-13)20-24(22,23)11-19-7-6-15(10-17(19)21)18(19,2)3/h12-16,20H,4-11H2,1-3H3. The molecule has 4 aliphatic rings. The van der Waals surface area contributed by atoms with Gasteiger partial charge in [0, 0.05) is 17.9 Å². The molecule has 5 heteroatoms. The van der Waals surface area contributed by atoms with E-state index in [0.717, 1.165) is 18.8 Å². The van der Waals surface area contributed by atoms with E-state index in [4.69, 9.17) is 0 Å². The number of carbonyl (C=O) groups excluding carboxylic acids is 1. The molecular weight excluding hydrogens is 322 g/mol. The molecule has 6 atom stereocenters. The van der Waals surface area contributed by atoms with Crippen molar-refractivity contribution in [2.24, 2.45) is 34.5 Å². The van der Waals surface area contributed by atoms with Crippen molar-refractivity contribution in [2.45, 2.75) is 71.8 Å². The number of fused-ring (bicyclic) bond motifs is 4. The minimum absolute atomic E-state index is 0.00137. The fourth-order valence-corrected chi connectivity index (χ4v) is 8.90. The van der Waals surface area contributed by atoms with Gasteiger partial charge in [-0.1, -0.05) is 20.3 Å². The van der Waals surface area contributed by atoms with E-state index in [1.807, 2.05) is 6.92 Å². The highest BCUT2D eigenvalue weighted by molar-refractivity contribution is 7.89. The molecular formula is C19H31NO3S. The van der Waals surface area contributed by atoms with Crippen molar-refractivity contribution in [1.82, 2.24) is 4.72 Å². The van der Waals surface area contributed by atoms with Crippen LogP contribution in [-0.4, -0.2) is 26.0 Å². The van der Waals surface area contributed by atoms with Gasteiger partial charge in [-0.2, -0.15) is 0 Å². The largest absolute Gasteiger partial charge is 0.299 e. The van der Waals surface area contributed by atoms with E-state index in [9.17, 15) is 13.2 Å². The summed E-state index contributed by atoms with van der Waals surface area (Å²) in [5.41, 5.74) is -0.841. The Balaban J connectivity index is 1.48. The molecule has 4 rings (SSSR count). The maximum Gasteiger partial charge on any atom is 0.212 e. The van der Waals surface area contributed by atoms with Crippen LogP contribution in [0.4, 0.5) is 0 Å². The number of rotatable bonds is 5. The second-order valence-corrected chi connectivity index (χ2v) is 11.4. The smallest absolute Gasteiger partial charge is 0.212 e. The lowest BCUT2D eigenvalue weighted by atomic mass is 9.70. The summed E-state index contributed by atoms with van der Waals surface area (Å²) in [6, 6.07) is -0.00137. The molecule has 0 aliphatic heterocycles. The zero-order valence-corrected chi connectivity index (χ0v) is 16.0. The van der Waals surface area contributed by atoms with Gasteiger partial charge in [-0.05, 0) is 68.1 Å². The van der Waals surface area contributed by atoms with Gasteiger partial charge in [0.15, 0.2) is 0 Å². The molecule has 136 valence electrons. The maximum atomic E-state index is 12.9. The fraction of sp³-hybridized carbons (Fsp3) is 0.947. The van der Waals surface area contributed by atoms with Crippen molar-refractivity contribution >= 4 is 15.8 Å². The highest BCUT2D eigenvalue weighted by Crippen LogP contribution is 2.64. The van der Waals surface area contributed by atoms with Gasteiger partial charge in [-0.25, -0.2) is 13.1 Å². The summed E-state index contributed by atoms with van der Waals surface area (Å²) in [5, 5.41) is 0. The summed E-state index contributed by atoms with van der Waals surface area (Å²) in [4.78, 5) is 12.6. The minimum Gasteiger partial charge on any atom is -0.299 e. The molecule has 4 bridgehead atoms. The van der Waals surface area contributed by atoms with Crippen LogP contribution in [0.25, 0.3) is 0 Å². The summed E-state index contributed by atoms with van der Waals surface area (Å²) < 4.78 is 28.8. The van der Waals surface area contributed by atoms with Gasteiger partial charge in [-0.15, -0.1) is 0 Å². The lowest BCUT2D eigenvalue weighted by molar-refractivity contribution is -0.128. The topological polar surface area (TPSA) is 63.2 Å². The summed E-state index contributed by atoms with van der Waals surface area (Å²) in [6.07, 6.45) is 7.36. The van der Waals surface area contributed by atoms with Gasteiger partial charge in [-0.3, -0.25) is 4.79 Å². The number of carbonyl (C=O) groups is 1. The third-order valence-electron chi connectivity index (χ3n) is 8.38. The first-order chi connectivity index (χ1) is 11.1. The Morgan fingerprint density at radius 3 is 2.46 bits per heavy atom. The summed E-state index contributed by atoms with van der Waals surface area (Å²) in [5.74, 6) is 2.54. The third kappa shape index (κ3) is 2.33. The predicted octanol–water partition coefficient (Wildman–Crippen LogP) is 3.13. The van der Waals surface area contributed by atoms with E-state index in [0.29, 0.717) is 24.2 Å². The zero-order chi connectivity index (χ0) is 17.3. The SMILES string of the molecule is CC(NS(=O)(=O)CC12CCC(CC1=O)C2(C)C)C1CC2CCC1C2. The van der Waals surface area contributed by atoms with E-state index in [1.165, 1.54) is 25.7 Å². The third-order valence-corrected chi connectivity index (χ3v) is 9.98. The predicted molar refractivity (Wildman–Crippen MR) is 93.9 cm³/mol. The van der Waals surface area contributed by atoms with Gasteiger partial charge in [0.05, 0.1) is 5.75 Å². The Labute approximate surface area is 146 Å². The van der Waals surface area contributed by atoms with Crippen molar-refractivity contribution in [3.63, 3.8) is 0 Å². The highest BCUT2D eigenvalue weighted by atomic mass is 32.2. The number of hydrogen-bond donors (Lipinski definition) is 1. The number of nitrogens with one attached hydrogen (secondary N) is 1. The first-order valence-corrected chi connectivity index (χ1v) is 11.3. The van der Waals surface area contributed by atoms with Crippen molar-refractivity contribution in [3.05, 3.63) is 0 Å². The van der Waals surface area contributed by atoms with Crippen molar-refractivity contribution in [2.75, 3.05) is 5.75 Å². The molecule has 4 saturated carbocycles. The van der Waals surface area contributed by atoms with Crippen molar-refractivity contribution < 1.29 is 13.2 Å². The van der Waals surface area contributed by atoms with Crippen LogP contribution in [-0.2, 0) is 14.8 Å². The van der Waals surface area contributed by atoms with Crippen LogP contribution in [0.15, 0.2) is 0 Å². The van der Waals surface area contributed by atoms with Crippen LogP contribution in [0.1, 0.15) is 65.7 Å². The molecule has 4 nitrogen and oxygen atoms in total. The normalized spacial score (nSPS) is 44.4. The highest BCUT2D eigenvalue weighted by Gasteiger charge is 2.65. The second kappa shape index (κ2) is 5.29. The second-order valence-electron chi connectivity index (χ2n) is 9.67. The Morgan fingerprint density at radius 1 is 1.21 bits per heavy atom. The van der Waals surface area contributed by atoms with Gasteiger partial charge in [0.1, 0.15) is 5.78 Å². The van der Waals surface area contributed by atoms with E-state index in [2.05, 4.69) is 18.6 Å². The number of ketones is 1. The summed E-state index contributed by atoms with van der Waals surface area (Å²) >= 11 is 0. The van der Waals surface area contributed by atoms with Crippen LogP contribution < -0.4 is 4.72 Å².